The smallest absolute Gasteiger partial charge is 0.329 e. The van der Waals surface area contributed by atoms with Crippen LogP contribution in [-0.2, 0) is 27.3 Å². The highest BCUT2D eigenvalue weighted by Crippen LogP contribution is 2.18. The predicted molar refractivity (Wildman–Crippen MR) is 105 cm³/mol. The third-order valence-electron chi connectivity index (χ3n) is 5.62. The number of carbonyl (C=O) groups is 2. The molecule has 0 bridgehead atoms. The number of carbonyl (C=O) groups excluding carboxylic acids is 2. The van der Waals surface area contributed by atoms with Crippen molar-refractivity contribution in [1.82, 2.24) is 10.8 Å². The van der Waals surface area contributed by atoms with Crippen LogP contribution in [0.25, 0.3) is 0 Å². The maximum Gasteiger partial charge on any atom is 0.329 e. The normalized spacial score (nSPS) is 18.8. The standard InChI is InChI=1S/C22H32N2O3/c25-21(23-19-10-3-1-4-11-19)15-17-8-7-9-18(14-17)16-22(26)27-24-20-12-5-2-6-13-20/h7-9,14,19-20,24H,1-6,10-13,15-16H2,(H,23,25). The number of hydrogen-bond acceptors (Lipinski definition) is 4. The van der Waals surface area contributed by atoms with E-state index in [1.54, 1.807) is 0 Å². The zero-order valence-electron chi connectivity index (χ0n) is 16.2. The number of benzene rings is 1. The molecule has 148 valence electrons. The Bertz CT molecular complexity index is 620. The number of rotatable bonds is 7. The molecule has 5 nitrogen and oxygen atoms in total. The molecule has 2 aliphatic rings. The van der Waals surface area contributed by atoms with E-state index >= 15 is 0 Å². The highest BCUT2D eigenvalue weighted by molar-refractivity contribution is 5.79. The molecule has 0 aliphatic heterocycles. The average Bonchev–Trinajstić information content (AvgIpc) is 2.68. The minimum atomic E-state index is -0.274. The average molecular weight is 373 g/mol. The van der Waals surface area contributed by atoms with E-state index in [-0.39, 0.29) is 24.3 Å². The summed E-state index contributed by atoms with van der Waals surface area (Å²) in [5, 5.41) is 3.14. The topological polar surface area (TPSA) is 67.4 Å². The fourth-order valence-corrected chi connectivity index (χ4v) is 4.13. The Morgan fingerprint density at radius 2 is 1.44 bits per heavy atom. The number of hydroxylamine groups is 1. The molecule has 0 aromatic heterocycles. The van der Waals surface area contributed by atoms with Gasteiger partial charge in [-0.3, -0.25) is 9.59 Å². The summed E-state index contributed by atoms with van der Waals surface area (Å²) in [6.45, 7) is 0. The Kier molecular flexibility index (Phi) is 7.69. The molecule has 27 heavy (non-hydrogen) atoms. The molecule has 1 amide bonds. The first-order chi connectivity index (χ1) is 13.2. The van der Waals surface area contributed by atoms with E-state index < -0.39 is 0 Å². The van der Waals surface area contributed by atoms with E-state index in [2.05, 4.69) is 10.8 Å². The summed E-state index contributed by atoms with van der Waals surface area (Å²) >= 11 is 0. The monoisotopic (exact) mass is 372 g/mol. The van der Waals surface area contributed by atoms with E-state index in [1.807, 2.05) is 24.3 Å². The maximum atomic E-state index is 12.3. The Hall–Kier alpha value is -1.88. The van der Waals surface area contributed by atoms with Gasteiger partial charge < -0.3 is 10.2 Å². The number of amides is 1. The number of nitrogens with one attached hydrogen (secondary N) is 2. The first-order valence-corrected chi connectivity index (χ1v) is 10.5. The van der Waals surface area contributed by atoms with Crippen molar-refractivity contribution in [2.75, 3.05) is 0 Å². The van der Waals surface area contributed by atoms with Crippen molar-refractivity contribution < 1.29 is 14.4 Å². The Morgan fingerprint density at radius 1 is 0.852 bits per heavy atom. The molecule has 1 aromatic carbocycles. The second kappa shape index (κ2) is 10.5. The van der Waals surface area contributed by atoms with Crippen LogP contribution in [0.1, 0.15) is 75.3 Å². The van der Waals surface area contributed by atoms with Crippen molar-refractivity contribution in [1.29, 1.82) is 0 Å². The van der Waals surface area contributed by atoms with E-state index in [1.165, 1.54) is 38.5 Å². The summed E-state index contributed by atoms with van der Waals surface area (Å²) in [7, 11) is 0. The molecular formula is C22H32N2O3. The molecule has 2 fully saturated rings. The zero-order valence-corrected chi connectivity index (χ0v) is 16.2. The van der Waals surface area contributed by atoms with Crippen LogP contribution in [0, 0.1) is 0 Å². The summed E-state index contributed by atoms with van der Waals surface area (Å²) in [6.07, 6.45) is 12.2. The van der Waals surface area contributed by atoms with E-state index in [0.717, 1.165) is 36.8 Å². The lowest BCUT2D eigenvalue weighted by atomic mass is 9.95. The van der Waals surface area contributed by atoms with Gasteiger partial charge in [-0.1, -0.05) is 62.8 Å². The second-order valence-corrected chi connectivity index (χ2v) is 8.00. The van der Waals surface area contributed by atoms with Crippen LogP contribution in [0.3, 0.4) is 0 Å². The van der Waals surface area contributed by atoms with Gasteiger partial charge in [0.05, 0.1) is 12.8 Å². The predicted octanol–water partition coefficient (Wildman–Crippen LogP) is 3.60. The summed E-state index contributed by atoms with van der Waals surface area (Å²) in [4.78, 5) is 29.6. The van der Waals surface area contributed by atoms with Gasteiger partial charge in [0, 0.05) is 12.1 Å². The van der Waals surface area contributed by atoms with Crippen LogP contribution in [0.5, 0.6) is 0 Å². The van der Waals surface area contributed by atoms with Gasteiger partial charge in [0.1, 0.15) is 0 Å². The van der Waals surface area contributed by atoms with Crippen molar-refractivity contribution in [3.8, 4) is 0 Å². The molecule has 0 heterocycles. The second-order valence-electron chi connectivity index (χ2n) is 8.00. The molecule has 0 unspecified atom stereocenters. The molecule has 1 aromatic rings. The number of hydrogen-bond donors (Lipinski definition) is 2. The fraction of sp³-hybridized carbons (Fsp3) is 0.636. The first-order valence-electron chi connectivity index (χ1n) is 10.5. The summed E-state index contributed by atoms with van der Waals surface area (Å²) in [6, 6.07) is 8.30. The van der Waals surface area contributed by atoms with Gasteiger partial charge in [0.2, 0.25) is 5.91 Å². The molecule has 2 saturated carbocycles. The van der Waals surface area contributed by atoms with Gasteiger partial charge in [-0.2, -0.15) is 5.48 Å². The molecule has 0 spiro atoms. The molecule has 0 atom stereocenters. The highest BCUT2D eigenvalue weighted by Gasteiger charge is 2.17. The van der Waals surface area contributed by atoms with Gasteiger partial charge in [0.15, 0.2) is 0 Å². The lowest BCUT2D eigenvalue weighted by Gasteiger charge is -2.22. The van der Waals surface area contributed by atoms with Gasteiger partial charge in [0.25, 0.3) is 0 Å². The molecule has 2 aliphatic carbocycles. The Labute approximate surface area is 162 Å². The van der Waals surface area contributed by atoms with Crippen LogP contribution in [0.4, 0.5) is 0 Å². The third-order valence-corrected chi connectivity index (χ3v) is 5.62. The van der Waals surface area contributed by atoms with Crippen LogP contribution in [0.15, 0.2) is 24.3 Å². The molecule has 2 N–H and O–H groups in total. The van der Waals surface area contributed by atoms with Gasteiger partial charge >= 0.3 is 5.97 Å². The maximum absolute atomic E-state index is 12.3. The largest absolute Gasteiger partial charge is 0.370 e. The van der Waals surface area contributed by atoms with Crippen molar-refractivity contribution in [2.24, 2.45) is 0 Å². The van der Waals surface area contributed by atoms with Crippen LogP contribution in [0.2, 0.25) is 0 Å². The van der Waals surface area contributed by atoms with E-state index in [9.17, 15) is 9.59 Å². The van der Waals surface area contributed by atoms with Crippen LogP contribution < -0.4 is 10.8 Å². The third kappa shape index (κ3) is 6.98. The lowest BCUT2D eigenvalue weighted by Crippen LogP contribution is -2.37. The SMILES string of the molecule is O=C(Cc1cccc(CC(=O)ONC2CCCCC2)c1)NC1CCCCC1. The Balaban J connectivity index is 1.43. The molecule has 3 rings (SSSR count). The highest BCUT2D eigenvalue weighted by atomic mass is 16.7. The van der Waals surface area contributed by atoms with Crippen molar-refractivity contribution in [3.63, 3.8) is 0 Å². The van der Waals surface area contributed by atoms with Crippen molar-refractivity contribution >= 4 is 11.9 Å². The van der Waals surface area contributed by atoms with Crippen LogP contribution in [-0.4, -0.2) is 24.0 Å². The van der Waals surface area contributed by atoms with E-state index in [0.29, 0.717) is 12.5 Å². The van der Waals surface area contributed by atoms with Gasteiger partial charge in [-0.05, 0) is 36.8 Å². The van der Waals surface area contributed by atoms with E-state index in [4.69, 9.17) is 4.84 Å². The van der Waals surface area contributed by atoms with Gasteiger partial charge in [-0.25, -0.2) is 0 Å². The summed E-state index contributed by atoms with van der Waals surface area (Å²) in [5.41, 5.74) is 4.74. The quantitative estimate of drug-likeness (QED) is 0.718. The molecule has 5 heteroatoms. The minimum absolute atomic E-state index is 0.0700. The summed E-state index contributed by atoms with van der Waals surface area (Å²) in [5.74, 6) is -0.204. The van der Waals surface area contributed by atoms with Crippen molar-refractivity contribution in [2.45, 2.75) is 89.1 Å². The minimum Gasteiger partial charge on any atom is -0.370 e. The summed E-state index contributed by atoms with van der Waals surface area (Å²) < 4.78 is 0. The molecular weight excluding hydrogens is 340 g/mol. The Morgan fingerprint density at radius 3 is 2.11 bits per heavy atom. The van der Waals surface area contributed by atoms with Gasteiger partial charge in [-0.15, -0.1) is 0 Å². The molecule has 0 saturated heterocycles. The fourth-order valence-electron chi connectivity index (χ4n) is 4.13. The molecule has 0 radical (unpaired) electrons. The van der Waals surface area contributed by atoms with Crippen LogP contribution >= 0.6 is 0 Å². The lowest BCUT2D eigenvalue weighted by molar-refractivity contribution is -0.152. The zero-order chi connectivity index (χ0) is 18.9. The van der Waals surface area contributed by atoms with Crippen molar-refractivity contribution in [3.05, 3.63) is 35.4 Å². The first kappa shape index (κ1) is 19.9.